The molecule has 0 atom stereocenters. The van der Waals surface area contributed by atoms with E-state index in [1.54, 1.807) is 13.2 Å². The molecule has 1 aromatic carbocycles. The lowest BCUT2D eigenvalue weighted by atomic mass is 10.1. The number of nitrogens with zero attached hydrogens (tertiary/aromatic N) is 1. The van der Waals surface area contributed by atoms with Crippen LogP contribution in [0.15, 0.2) is 24.3 Å². The van der Waals surface area contributed by atoms with Crippen molar-refractivity contribution in [3.05, 3.63) is 35.4 Å². The highest BCUT2D eigenvalue weighted by Crippen LogP contribution is 2.32. The minimum Gasteiger partial charge on any atom is -0.383 e. The second-order valence-electron chi connectivity index (χ2n) is 4.64. The van der Waals surface area contributed by atoms with Crippen molar-refractivity contribution in [2.75, 3.05) is 40.4 Å². The summed E-state index contributed by atoms with van der Waals surface area (Å²) in [6, 6.07) is 5.70. The summed E-state index contributed by atoms with van der Waals surface area (Å²) < 4.78 is 43.4. The summed E-state index contributed by atoms with van der Waals surface area (Å²) in [6.07, 6.45) is -4.30. The van der Waals surface area contributed by atoms with Gasteiger partial charge in [-0.3, -0.25) is 0 Å². The summed E-state index contributed by atoms with van der Waals surface area (Å²) in [5.41, 5.74) is -0.251. The maximum absolute atomic E-state index is 12.8. The van der Waals surface area contributed by atoms with Crippen molar-refractivity contribution < 1.29 is 17.9 Å². The van der Waals surface area contributed by atoms with E-state index >= 15 is 0 Å². The molecule has 0 radical (unpaired) electrons. The minimum absolute atomic E-state index is 0.279. The van der Waals surface area contributed by atoms with Gasteiger partial charge in [-0.15, -0.1) is 0 Å². The van der Waals surface area contributed by atoms with Crippen LogP contribution in [0.4, 0.5) is 13.2 Å². The fourth-order valence-electron chi connectivity index (χ4n) is 1.87. The first-order chi connectivity index (χ1) is 9.45. The molecule has 0 saturated carbocycles. The van der Waals surface area contributed by atoms with E-state index in [4.69, 9.17) is 4.74 Å². The molecule has 0 aliphatic carbocycles. The van der Waals surface area contributed by atoms with E-state index in [9.17, 15) is 13.2 Å². The van der Waals surface area contributed by atoms with Gasteiger partial charge in [-0.1, -0.05) is 18.2 Å². The summed E-state index contributed by atoms with van der Waals surface area (Å²) in [6.45, 7) is 3.04. The van der Waals surface area contributed by atoms with E-state index in [-0.39, 0.29) is 6.54 Å². The molecule has 0 heterocycles. The molecule has 20 heavy (non-hydrogen) atoms. The Kier molecular flexibility index (Phi) is 6.98. The second kappa shape index (κ2) is 8.24. The summed E-state index contributed by atoms with van der Waals surface area (Å²) in [5, 5.41) is 3.16. The van der Waals surface area contributed by atoms with E-state index in [0.717, 1.165) is 12.6 Å². The highest BCUT2D eigenvalue weighted by atomic mass is 19.4. The van der Waals surface area contributed by atoms with Crippen molar-refractivity contribution in [3.63, 3.8) is 0 Å². The van der Waals surface area contributed by atoms with Crippen molar-refractivity contribution in [1.82, 2.24) is 10.2 Å². The zero-order valence-electron chi connectivity index (χ0n) is 11.8. The average molecular weight is 290 g/mol. The molecule has 0 spiro atoms. The van der Waals surface area contributed by atoms with E-state index < -0.39 is 11.7 Å². The third-order valence-electron chi connectivity index (χ3n) is 2.92. The molecule has 0 fully saturated rings. The number of likely N-dealkylation sites (N-methyl/N-ethyl adjacent to an activating group) is 1. The van der Waals surface area contributed by atoms with Crippen LogP contribution in [0, 0.1) is 0 Å². The van der Waals surface area contributed by atoms with Crippen LogP contribution in [0.5, 0.6) is 0 Å². The van der Waals surface area contributed by atoms with Gasteiger partial charge in [0.1, 0.15) is 0 Å². The van der Waals surface area contributed by atoms with Gasteiger partial charge >= 0.3 is 6.18 Å². The Morgan fingerprint density at radius 1 is 1.20 bits per heavy atom. The highest BCUT2D eigenvalue weighted by Gasteiger charge is 2.32. The van der Waals surface area contributed by atoms with Gasteiger partial charge in [0.15, 0.2) is 0 Å². The number of halogens is 3. The molecule has 1 rings (SSSR count). The lowest BCUT2D eigenvalue weighted by molar-refractivity contribution is -0.138. The van der Waals surface area contributed by atoms with Crippen molar-refractivity contribution in [1.29, 1.82) is 0 Å². The highest BCUT2D eigenvalue weighted by molar-refractivity contribution is 5.29. The van der Waals surface area contributed by atoms with Crippen molar-refractivity contribution in [3.8, 4) is 0 Å². The monoisotopic (exact) mass is 290 g/mol. The van der Waals surface area contributed by atoms with Gasteiger partial charge in [0.25, 0.3) is 0 Å². The number of nitrogens with one attached hydrogen (secondary N) is 1. The van der Waals surface area contributed by atoms with Crippen LogP contribution < -0.4 is 5.32 Å². The number of benzene rings is 1. The van der Waals surface area contributed by atoms with Gasteiger partial charge in [-0.05, 0) is 18.7 Å². The Labute approximate surface area is 117 Å². The number of rotatable bonds is 8. The lowest BCUT2D eigenvalue weighted by Crippen LogP contribution is -2.31. The maximum atomic E-state index is 12.8. The Morgan fingerprint density at radius 2 is 1.90 bits per heavy atom. The first kappa shape index (κ1) is 16.9. The summed E-state index contributed by atoms with van der Waals surface area (Å²) in [4.78, 5) is 1.87. The van der Waals surface area contributed by atoms with Crippen LogP contribution >= 0.6 is 0 Å². The summed E-state index contributed by atoms with van der Waals surface area (Å²) in [5.74, 6) is 0. The van der Waals surface area contributed by atoms with Gasteiger partial charge in [0, 0.05) is 33.3 Å². The van der Waals surface area contributed by atoms with Gasteiger partial charge in [-0.25, -0.2) is 0 Å². The molecular weight excluding hydrogens is 269 g/mol. The molecule has 1 N–H and O–H groups in total. The Balaban J connectivity index is 2.48. The minimum atomic E-state index is -4.30. The quantitative estimate of drug-likeness (QED) is 0.744. The molecule has 1 aromatic rings. The molecule has 0 saturated heterocycles. The van der Waals surface area contributed by atoms with E-state index in [2.05, 4.69) is 5.32 Å². The molecular formula is C14H21F3N2O. The van der Waals surface area contributed by atoms with E-state index in [0.29, 0.717) is 25.3 Å². The SMILES string of the molecule is COCCNCCN(C)Cc1ccccc1C(F)(F)F. The Hall–Kier alpha value is -1.11. The number of methoxy groups -OCH3 is 1. The predicted molar refractivity (Wildman–Crippen MR) is 72.5 cm³/mol. The largest absolute Gasteiger partial charge is 0.416 e. The maximum Gasteiger partial charge on any atom is 0.416 e. The summed E-state index contributed by atoms with van der Waals surface area (Å²) in [7, 11) is 3.44. The number of hydrogen-bond donors (Lipinski definition) is 1. The lowest BCUT2D eigenvalue weighted by Gasteiger charge is -2.20. The van der Waals surface area contributed by atoms with Gasteiger partial charge in [-0.2, -0.15) is 13.2 Å². The van der Waals surface area contributed by atoms with Crippen molar-refractivity contribution in [2.24, 2.45) is 0 Å². The molecule has 0 aromatic heterocycles. The molecule has 0 bridgehead atoms. The Bertz CT molecular complexity index is 396. The topological polar surface area (TPSA) is 24.5 Å². The molecule has 0 aliphatic heterocycles. The average Bonchev–Trinajstić information content (AvgIpc) is 2.38. The van der Waals surface area contributed by atoms with E-state index in [1.807, 2.05) is 11.9 Å². The molecule has 0 amide bonds. The summed E-state index contributed by atoms with van der Waals surface area (Å²) >= 11 is 0. The smallest absolute Gasteiger partial charge is 0.383 e. The van der Waals surface area contributed by atoms with Crippen LogP contribution in [0.25, 0.3) is 0 Å². The van der Waals surface area contributed by atoms with Gasteiger partial charge < -0.3 is 15.0 Å². The zero-order valence-corrected chi connectivity index (χ0v) is 11.8. The van der Waals surface area contributed by atoms with Gasteiger partial charge in [0.05, 0.1) is 12.2 Å². The van der Waals surface area contributed by atoms with Gasteiger partial charge in [0.2, 0.25) is 0 Å². The van der Waals surface area contributed by atoms with Crippen molar-refractivity contribution >= 4 is 0 Å². The molecule has 0 unspecified atom stereocenters. The van der Waals surface area contributed by atoms with E-state index in [1.165, 1.54) is 12.1 Å². The first-order valence-electron chi connectivity index (χ1n) is 6.48. The molecule has 6 heteroatoms. The fourth-order valence-corrected chi connectivity index (χ4v) is 1.87. The zero-order chi connectivity index (χ0) is 15.0. The molecule has 114 valence electrons. The predicted octanol–water partition coefficient (Wildman–Crippen LogP) is 2.37. The van der Waals surface area contributed by atoms with Crippen LogP contribution in [0.1, 0.15) is 11.1 Å². The fraction of sp³-hybridized carbons (Fsp3) is 0.571. The van der Waals surface area contributed by atoms with Crippen LogP contribution in [-0.4, -0.2) is 45.3 Å². The van der Waals surface area contributed by atoms with Crippen molar-refractivity contribution in [2.45, 2.75) is 12.7 Å². The van der Waals surface area contributed by atoms with Crippen LogP contribution in [-0.2, 0) is 17.5 Å². The van der Waals surface area contributed by atoms with Crippen LogP contribution in [0.3, 0.4) is 0 Å². The number of alkyl halides is 3. The Morgan fingerprint density at radius 3 is 2.55 bits per heavy atom. The number of ether oxygens (including phenoxy) is 1. The second-order valence-corrected chi connectivity index (χ2v) is 4.64. The number of hydrogen-bond acceptors (Lipinski definition) is 3. The molecule has 0 aliphatic rings. The first-order valence-corrected chi connectivity index (χ1v) is 6.48. The standard InChI is InChI=1S/C14H21F3N2O/c1-19(9-7-18-8-10-20-2)11-12-5-3-4-6-13(12)14(15,16)17/h3-6,18H,7-11H2,1-2H3. The third kappa shape index (κ3) is 5.90. The normalized spacial score (nSPS) is 12.1. The van der Waals surface area contributed by atoms with Crippen LogP contribution in [0.2, 0.25) is 0 Å². The molecule has 3 nitrogen and oxygen atoms in total. The third-order valence-corrected chi connectivity index (χ3v) is 2.92.